The molecule has 0 aliphatic heterocycles. The standard InChI is InChI=1S/C22H25ClN6O3/c1-12(2)32-20-19(23)15-9-14(7-8-16(15)26-21(20)31-6)22(30,18-11-25-27-29(18)5)17-10-24-13(3)28(17)4/h7-12,30H,1-6H3/t22-/m1/s1. The summed E-state index contributed by atoms with van der Waals surface area (Å²) in [7, 11) is 5.10. The number of aromatic nitrogens is 6. The van der Waals surface area contributed by atoms with Crippen LogP contribution >= 0.6 is 11.6 Å². The number of hydrogen-bond acceptors (Lipinski definition) is 7. The van der Waals surface area contributed by atoms with Gasteiger partial charge in [-0.3, -0.25) is 0 Å². The zero-order valence-electron chi connectivity index (χ0n) is 18.8. The molecule has 0 radical (unpaired) electrons. The Labute approximate surface area is 190 Å². The molecule has 9 nitrogen and oxygen atoms in total. The lowest BCUT2D eigenvalue weighted by Gasteiger charge is -2.29. The number of hydrogen-bond donors (Lipinski definition) is 1. The number of aliphatic hydroxyl groups is 1. The molecular weight excluding hydrogens is 432 g/mol. The van der Waals surface area contributed by atoms with Gasteiger partial charge in [-0.05, 0) is 38.5 Å². The molecule has 0 fully saturated rings. The molecule has 0 bridgehead atoms. The van der Waals surface area contributed by atoms with Gasteiger partial charge in [-0.1, -0.05) is 22.9 Å². The number of methoxy groups -OCH3 is 1. The minimum absolute atomic E-state index is 0.126. The zero-order valence-corrected chi connectivity index (χ0v) is 19.5. The third-order valence-corrected chi connectivity index (χ3v) is 5.86. The molecule has 1 aromatic carbocycles. The van der Waals surface area contributed by atoms with Gasteiger partial charge in [0.05, 0.1) is 41.8 Å². The van der Waals surface area contributed by atoms with Crippen LogP contribution in [0.4, 0.5) is 0 Å². The van der Waals surface area contributed by atoms with Crippen LogP contribution in [0.2, 0.25) is 5.02 Å². The van der Waals surface area contributed by atoms with Gasteiger partial charge >= 0.3 is 0 Å². The molecule has 1 N–H and O–H groups in total. The third-order valence-electron chi connectivity index (χ3n) is 5.49. The summed E-state index contributed by atoms with van der Waals surface area (Å²) in [6.45, 7) is 5.67. The highest BCUT2D eigenvalue weighted by Gasteiger charge is 2.40. The Bertz CT molecular complexity index is 1300. The number of fused-ring (bicyclic) bond motifs is 1. The van der Waals surface area contributed by atoms with Gasteiger partial charge < -0.3 is 19.1 Å². The van der Waals surface area contributed by atoms with E-state index in [4.69, 9.17) is 21.1 Å². The number of halogens is 1. The number of pyridine rings is 1. The van der Waals surface area contributed by atoms with Crippen molar-refractivity contribution in [1.29, 1.82) is 0 Å². The van der Waals surface area contributed by atoms with Crippen molar-refractivity contribution in [2.24, 2.45) is 14.1 Å². The average molecular weight is 457 g/mol. The summed E-state index contributed by atoms with van der Waals surface area (Å²) in [5.74, 6) is 1.42. The van der Waals surface area contributed by atoms with Gasteiger partial charge in [-0.2, -0.15) is 0 Å². The molecule has 0 spiro atoms. The summed E-state index contributed by atoms with van der Waals surface area (Å²) in [5.41, 5.74) is 0.623. The van der Waals surface area contributed by atoms with Crippen molar-refractivity contribution in [3.8, 4) is 11.6 Å². The number of ether oxygens (including phenoxy) is 2. The number of nitrogens with zero attached hydrogens (tertiary/aromatic N) is 6. The minimum Gasteiger partial charge on any atom is -0.484 e. The van der Waals surface area contributed by atoms with Gasteiger partial charge in [-0.15, -0.1) is 5.10 Å². The first-order chi connectivity index (χ1) is 15.2. The number of benzene rings is 1. The van der Waals surface area contributed by atoms with Gasteiger partial charge in [0, 0.05) is 19.5 Å². The molecule has 0 saturated carbocycles. The maximum absolute atomic E-state index is 12.2. The highest BCUT2D eigenvalue weighted by Crippen LogP contribution is 2.43. The predicted octanol–water partition coefficient (Wildman–Crippen LogP) is 3.14. The van der Waals surface area contributed by atoms with Crippen LogP contribution in [0.3, 0.4) is 0 Å². The summed E-state index contributed by atoms with van der Waals surface area (Å²) in [5, 5.41) is 21.1. The van der Waals surface area contributed by atoms with E-state index in [1.807, 2.05) is 32.4 Å². The Balaban J connectivity index is 2.01. The zero-order chi connectivity index (χ0) is 23.2. The molecule has 168 valence electrons. The Morgan fingerprint density at radius 2 is 1.91 bits per heavy atom. The largest absolute Gasteiger partial charge is 0.484 e. The topological polar surface area (TPSA) is 100 Å². The summed E-state index contributed by atoms with van der Waals surface area (Å²) < 4.78 is 14.6. The molecule has 0 unspecified atom stereocenters. The van der Waals surface area contributed by atoms with Crippen LogP contribution in [0.1, 0.15) is 36.6 Å². The Morgan fingerprint density at radius 1 is 1.16 bits per heavy atom. The number of aryl methyl sites for hydroxylation is 2. The predicted molar refractivity (Wildman–Crippen MR) is 120 cm³/mol. The lowest BCUT2D eigenvalue weighted by atomic mass is 9.86. The highest BCUT2D eigenvalue weighted by molar-refractivity contribution is 6.37. The van der Waals surface area contributed by atoms with Gasteiger partial charge in [0.2, 0.25) is 5.75 Å². The molecule has 4 aromatic rings. The van der Waals surface area contributed by atoms with E-state index in [2.05, 4.69) is 20.3 Å². The van der Waals surface area contributed by atoms with Gasteiger partial charge in [0.15, 0.2) is 5.60 Å². The summed E-state index contributed by atoms with van der Waals surface area (Å²) in [6.07, 6.45) is 3.06. The quantitative estimate of drug-likeness (QED) is 0.475. The van der Waals surface area contributed by atoms with Crippen molar-refractivity contribution < 1.29 is 14.6 Å². The fraction of sp³-hybridized carbons (Fsp3) is 0.364. The second-order valence-corrected chi connectivity index (χ2v) is 8.24. The molecule has 1 atom stereocenters. The summed E-state index contributed by atoms with van der Waals surface area (Å²) in [4.78, 5) is 8.92. The minimum atomic E-state index is -1.59. The van der Waals surface area contributed by atoms with E-state index < -0.39 is 5.60 Å². The molecule has 32 heavy (non-hydrogen) atoms. The SMILES string of the molecule is COc1nc2ccc([C@](O)(c3cnnn3C)c3cnc(C)n3C)cc2c(Cl)c1OC(C)C. The molecule has 10 heteroatoms. The van der Waals surface area contributed by atoms with Crippen molar-refractivity contribution in [2.75, 3.05) is 7.11 Å². The molecule has 0 aliphatic rings. The third kappa shape index (κ3) is 3.37. The first-order valence-corrected chi connectivity index (χ1v) is 10.5. The summed E-state index contributed by atoms with van der Waals surface area (Å²) in [6, 6.07) is 5.38. The fourth-order valence-electron chi connectivity index (χ4n) is 3.77. The van der Waals surface area contributed by atoms with E-state index in [-0.39, 0.29) is 6.10 Å². The van der Waals surface area contributed by atoms with Crippen LogP contribution in [-0.4, -0.2) is 47.8 Å². The first kappa shape index (κ1) is 22.0. The van der Waals surface area contributed by atoms with Crippen molar-refractivity contribution in [3.63, 3.8) is 0 Å². The van der Waals surface area contributed by atoms with Crippen LogP contribution < -0.4 is 9.47 Å². The Morgan fingerprint density at radius 3 is 2.47 bits per heavy atom. The second-order valence-electron chi connectivity index (χ2n) is 7.87. The molecule has 0 amide bonds. The summed E-state index contributed by atoms with van der Waals surface area (Å²) >= 11 is 6.76. The molecule has 3 aromatic heterocycles. The normalized spacial score (nSPS) is 13.5. The van der Waals surface area contributed by atoms with Gasteiger partial charge in [0.1, 0.15) is 11.5 Å². The molecular formula is C22H25ClN6O3. The maximum atomic E-state index is 12.2. The molecule has 0 aliphatic carbocycles. The van der Waals surface area contributed by atoms with Gasteiger partial charge in [-0.25, -0.2) is 14.6 Å². The Hall–Kier alpha value is -3.17. The first-order valence-electron chi connectivity index (χ1n) is 10.1. The molecule has 4 rings (SSSR count). The lowest BCUT2D eigenvalue weighted by molar-refractivity contribution is 0.108. The van der Waals surface area contributed by atoms with Crippen molar-refractivity contribution in [1.82, 2.24) is 29.5 Å². The number of imidazole rings is 1. The molecule has 0 saturated heterocycles. The van der Waals surface area contributed by atoms with E-state index in [1.54, 1.807) is 31.4 Å². The maximum Gasteiger partial charge on any atom is 0.258 e. The highest BCUT2D eigenvalue weighted by atomic mass is 35.5. The van der Waals surface area contributed by atoms with Crippen LogP contribution in [0.15, 0.2) is 30.6 Å². The van der Waals surface area contributed by atoms with Crippen LogP contribution in [0, 0.1) is 6.92 Å². The molecule has 3 heterocycles. The monoisotopic (exact) mass is 456 g/mol. The van der Waals surface area contributed by atoms with E-state index in [1.165, 1.54) is 18.0 Å². The van der Waals surface area contributed by atoms with Crippen LogP contribution in [0.5, 0.6) is 11.6 Å². The van der Waals surface area contributed by atoms with Crippen molar-refractivity contribution in [3.05, 3.63) is 58.4 Å². The average Bonchev–Trinajstić information content (AvgIpc) is 3.34. The van der Waals surface area contributed by atoms with E-state index in [0.29, 0.717) is 44.5 Å². The smallest absolute Gasteiger partial charge is 0.258 e. The van der Waals surface area contributed by atoms with Crippen molar-refractivity contribution >= 4 is 22.5 Å². The van der Waals surface area contributed by atoms with Crippen LogP contribution in [0.25, 0.3) is 10.9 Å². The van der Waals surface area contributed by atoms with Gasteiger partial charge in [0.25, 0.3) is 5.88 Å². The van der Waals surface area contributed by atoms with E-state index >= 15 is 0 Å². The second kappa shape index (κ2) is 8.07. The lowest BCUT2D eigenvalue weighted by Crippen LogP contribution is -2.33. The van der Waals surface area contributed by atoms with Crippen LogP contribution in [-0.2, 0) is 19.7 Å². The van der Waals surface area contributed by atoms with Crippen molar-refractivity contribution in [2.45, 2.75) is 32.5 Å². The Kier molecular flexibility index (Phi) is 5.56. The van der Waals surface area contributed by atoms with E-state index in [0.717, 1.165) is 5.82 Å². The fourth-order valence-corrected chi connectivity index (χ4v) is 4.05. The van der Waals surface area contributed by atoms with E-state index in [9.17, 15) is 5.11 Å². The number of rotatable bonds is 6.